The van der Waals surface area contributed by atoms with E-state index in [9.17, 15) is 4.79 Å². The molecule has 35 heavy (non-hydrogen) atoms. The highest BCUT2D eigenvalue weighted by molar-refractivity contribution is 7.23. The zero-order valence-corrected chi connectivity index (χ0v) is 22.1. The lowest BCUT2D eigenvalue weighted by Gasteiger charge is -2.24. The van der Waals surface area contributed by atoms with Gasteiger partial charge in [0, 0.05) is 12.2 Å². The van der Waals surface area contributed by atoms with Gasteiger partial charge in [-0.25, -0.2) is 4.98 Å². The van der Waals surface area contributed by atoms with Crippen molar-refractivity contribution >= 4 is 44.2 Å². The van der Waals surface area contributed by atoms with Crippen LogP contribution in [0.5, 0.6) is 17.2 Å². The van der Waals surface area contributed by atoms with E-state index in [-0.39, 0.29) is 12.0 Å². The van der Waals surface area contributed by atoms with Crippen LogP contribution in [0.2, 0.25) is 5.02 Å². The lowest BCUT2D eigenvalue weighted by molar-refractivity contribution is 0.0916. The normalized spacial score (nSPS) is 15.4. The summed E-state index contributed by atoms with van der Waals surface area (Å²) in [6.45, 7) is 10.1. The minimum Gasteiger partial charge on any atom is -0.490 e. The highest BCUT2D eigenvalue weighted by Gasteiger charge is 2.29. The van der Waals surface area contributed by atoms with Gasteiger partial charge >= 0.3 is 0 Å². The van der Waals surface area contributed by atoms with Gasteiger partial charge in [-0.3, -0.25) is 9.69 Å². The summed E-state index contributed by atoms with van der Waals surface area (Å²) in [6.07, 6.45) is 1.82. The number of carbonyl (C=O) groups excluding carboxylic acids is 1. The van der Waals surface area contributed by atoms with Crippen molar-refractivity contribution < 1.29 is 23.7 Å². The van der Waals surface area contributed by atoms with Crippen LogP contribution in [0.1, 0.15) is 49.5 Å². The molecule has 0 bridgehead atoms. The van der Waals surface area contributed by atoms with Crippen molar-refractivity contribution in [3.05, 3.63) is 40.4 Å². The molecule has 2 aromatic carbocycles. The van der Waals surface area contributed by atoms with E-state index in [2.05, 4.69) is 0 Å². The molecule has 4 rings (SSSR count). The lowest BCUT2D eigenvalue weighted by Crippen LogP contribution is -2.37. The molecule has 9 heteroatoms. The Hall–Kier alpha value is -2.55. The summed E-state index contributed by atoms with van der Waals surface area (Å²) in [5.41, 5.74) is 2.24. The van der Waals surface area contributed by atoms with Gasteiger partial charge in [0.05, 0.1) is 47.7 Å². The number of anilines is 1. The van der Waals surface area contributed by atoms with Gasteiger partial charge in [0.1, 0.15) is 0 Å². The monoisotopic (exact) mass is 518 g/mol. The van der Waals surface area contributed by atoms with Crippen LogP contribution in [0.3, 0.4) is 0 Å². The van der Waals surface area contributed by atoms with Crippen LogP contribution < -0.4 is 19.1 Å². The second-order valence-electron chi connectivity index (χ2n) is 8.19. The third kappa shape index (κ3) is 5.50. The number of carbonyl (C=O) groups is 1. The highest BCUT2D eigenvalue weighted by atomic mass is 35.5. The smallest absolute Gasteiger partial charge is 0.260 e. The predicted molar refractivity (Wildman–Crippen MR) is 140 cm³/mol. The van der Waals surface area contributed by atoms with Gasteiger partial charge in [0.25, 0.3) is 5.91 Å². The number of benzene rings is 2. The first-order chi connectivity index (χ1) is 17.0. The molecule has 0 saturated carbocycles. The maximum atomic E-state index is 14.0. The molecule has 1 unspecified atom stereocenters. The Morgan fingerprint density at radius 2 is 1.83 bits per heavy atom. The molecule has 1 amide bonds. The van der Waals surface area contributed by atoms with E-state index >= 15 is 0 Å². The molecule has 0 aliphatic carbocycles. The highest BCUT2D eigenvalue weighted by Crippen LogP contribution is 2.41. The van der Waals surface area contributed by atoms with Crippen LogP contribution in [-0.4, -0.2) is 50.0 Å². The largest absolute Gasteiger partial charge is 0.490 e. The van der Waals surface area contributed by atoms with Gasteiger partial charge < -0.3 is 18.9 Å². The van der Waals surface area contributed by atoms with Gasteiger partial charge in [-0.1, -0.05) is 29.0 Å². The van der Waals surface area contributed by atoms with Crippen molar-refractivity contribution in [1.82, 2.24) is 4.98 Å². The van der Waals surface area contributed by atoms with Crippen molar-refractivity contribution in [2.45, 2.75) is 46.6 Å². The van der Waals surface area contributed by atoms with Crippen LogP contribution in [0.25, 0.3) is 10.2 Å². The van der Waals surface area contributed by atoms with E-state index in [0.717, 1.165) is 28.6 Å². The maximum Gasteiger partial charge on any atom is 0.260 e. The molecule has 0 radical (unpaired) electrons. The predicted octanol–water partition coefficient (Wildman–Crippen LogP) is 6.28. The van der Waals surface area contributed by atoms with E-state index in [0.29, 0.717) is 65.9 Å². The molecule has 1 saturated heterocycles. The zero-order chi connectivity index (χ0) is 24.9. The second kappa shape index (κ2) is 11.5. The maximum absolute atomic E-state index is 14.0. The Labute approximate surface area is 214 Å². The Morgan fingerprint density at radius 1 is 1.14 bits per heavy atom. The molecular weight excluding hydrogens is 488 g/mol. The first-order valence-electron chi connectivity index (χ1n) is 12.0. The summed E-state index contributed by atoms with van der Waals surface area (Å²) in [6, 6.07) is 7.24. The molecule has 1 fully saturated rings. The van der Waals surface area contributed by atoms with Crippen molar-refractivity contribution in [2.24, 2.45) is 0 Å². The zero-order valence-electron chi connectivity index (χ0n) is 20.6. The average Bonchev–Trinajstić information content (AvgIpc) is 3.52. The van der Waals surface area contributed by atoms with E-state index in [1.807, 2.05) is 39.8 Å². The topological polar surface area (TPSA) is 70.1 Å². The van der Waals surface area contributed by atoms with E-state index < -0.39 is 0 Å². The van der Waals surface area contributed by atoms with E-state index in [1.54, 1.807) is 17.0 Å². The third-order valence-corrected chi connectivity index (χ3v) is 7.27. The van der Waals surface area contributed by atoms with E-state index in [4.69, 9.17) is 35.5 Å². The third-order valence-electron chi connectivity index (χ3n) is 5.73. The number of rotatable bonds is 10. The van der Waals surface area contributed by atoms with Crippen LogP contribution in [0, 0.1) is 6.92 Å². The molecule has 1 aliphatic heterocycles. The van der Waals surface area contributed by atoms with Crippen molar-refractivity contribution in [2.75, 3.05) is 37.9 Å². The summed E-state index contributed by atoms with van der Waals surface area (Å²) < 4.78 is 24.2. The Kier molecular flexibility index (Phi) is 8.36. The number of aromatic nitrogens is 1. The summed E-state index contributed by atoms with van der Waals surface area (Å²) >= 11 is 7.88. The number of thiazole rings is 1. The van der Waals surface area contributed by atoms with Crippen LogP contribution in [0.15, 0.2) is 24.3 Å². The minimum absolute atomic E-state index is 0.0528. The molecule has 0 N–H and O–H groups in total. The number of ether oxygens (including phenoxy) is 4. The Morgan fingerprint density at radius 3 is 2.40 bits per heavy atom. The molecule has 3 aromatic rings. The molecular formula is C26H31ClN2O5S. The average molecular weight is 519 g/mol. The lowest BCUT2D eigenvalue weighted by atomic mass is 10.1. The quantitative estimate of drug-likeness (QED) is 0.314. The van der Waals surface area contributed by atoms with Crippen LogP contribution >= 0.6 is 22.9 Å². The van der Waals surface area contributed by atoms with Gasteiger partial charge in [0.2, 0.25) is 5.75 Å². The van der Waals surface area contributed by atoms with Crippen molar-refractivity contribution in [3.63, 3.8) is 0 Å². The molecule has 1 aliphatic rings. The number of aryl methyl sites for hydroxylation is 1. The summed E-state index contributed by atoms with van der Waals surface area (Å²) in [7, 11) is 0. The van der Waals surface area contributed by atoms with Crippen LogP contribution in [0.4, 0.5) is 5.13 Å². The fourth-order valence-electron chi connectivity index (χ4n) is 4.11. The first kappa shape index (κ1) is 25.5. The molecule has 2 heterocycles. The summed E-state index contributed by atoms with van der Waals surface area (Å²) in [5, 5.41) is 1.21. The van der Waals surface area contributed by atoms with Crippen LogP contribution in [-0.2, 0) is 4.74 Å². The van der Waals surface area contributed by atoms with E-state index in [1.165, 1.54) is 11.3 Å². The fraction of sp³-hybridized carbons (Fsp3) is 0.462. The number of halogens is 1. The molecule has 1 atom stereocenters. The first-order valence-corrected chi connectivity index (χ1v) is 13.2. The van der Waals surface area contributed by atoms with Crippen molar-refractivity contribution in [3.8, 4) is 17.2 Å². The molecule has 7 nitrogen and oxygen atoms in total. The molecule has 188 valence electrons. The number of fused-ring (bicyclic) bond motifs is 1. The van der Waals surface area contributed by atoms with Gasteiger partial charge in [-0.2, -0.15) is 0 Å². The van der Waals surface area contributed by atoms with Gasteiger partial charge in [-0.15, -0.1) is 0 Å². The minimum atomic E-state index is -0.210. The second-order valence-corrected chi connectivity index (χ2v) is 9.57. The Bertz CT molecular complexity index is 1130. The van der Waals surface area contributed by atoms with Crippen molar-refractivity contribution in [1.29, 1.82) is 0 Å². The SMILES string of the molecule is CCOc1cc(C(=O)N(CC2CCCO2)c2nc3c(C)ccc(Cl)c3s2)cc(OCC)c1OCC. The molecule has 0 spiro atoms. The number of hydrogen-bond acceptors (Lipinski definition) is 7. The fourth-order valence-corrected chi connectivity index (χ4v) is 5.44. The van der Waals surface area contributed by atoms with Gasteiger partial charge in [0.15, 0.2) is 16.6 Å². The molecule has 1 aromatic heterocycles. The number of amides is 1. The standard InChI is InChI=1S/C26H31ClN2O5S/c1-5-31-20-13-17(14-21(32-6-2)23(20)33-7-3)25(30)29(15-18-9-8-12-34-18)26-28-22-16(4)10-11-19(27)24(22)35-26/h10-11,13-14,18H,5-9,12,15H2,1-4H3. The summed E-state index contributed by atoms with van der Waals surface area (Å²) in [5.74, 6) is 1.24. The number of hydrogen-bond donors (Lipinski definition) is 0. The number of nitrogens with zero attached hydrogens (tertiary/aromatic N) is 2. The van der Waals surface area contributed by atoms with Gasteiger partial charge in [-0.05, 0) is 64.3 Å². The Balaban J connectivity index is 1.80. The summed E-state index contributed by atoms with van der Waals surface area (Å²) in [4.78, 5) is 20.5.